The zero-order valence-electron chi connectivity index (χ0n) is 11.6. The van der Waals surface area contributed by atoms with Gasteiger partial charge in [-0.1, -0.05) is 0 Å². The Morgan fingerprint density at radius 3 is 2.90 bits per heavy atom. The van der Waals surface area contributed by atoms with Crippen LogP contribution < -0.4 is 4.74 Å². The fraction of sp³-hybridized carbons (Fsp3) is 0.571. The van der Waals surface area contributed by atoms with E-state index in [2.05, 4.69) is 4.98 Å². The van der Waals surface area contributed by atoms with Gasteiger partial charge in [-0.05, 0) is 18.9 Å². The molecule has 1 amide bonds. The summed E-state index contributed by atoms with van der Waals surface area (Å²) in [7, 11) is 1.53. The van der Waals surface area contributed by atoms with E-state index in [9.17, 15) is 4.79 Å². The molecule has 1 aliphatic heterocycles. The largest absolute Gasteiger partial charge is 0.494 e. The molecule has 1 fully saturated rings. The Bertz CT molecular complexity index is 445. The average Bonchev–Trinajstić information content (AvgIpc) is 2.52. The standard InChI is InChI=1S/C14H20N2O4/c1-19-13-10-15-5-2-12(13)14(18)16-6-3-11(4-7-16)20-9-8-17/h2,5,10-11,17H,3-4,6-9H2,1H3. The van der Waals surface area contributed by atoms with Crippen LogP contribution in [0.3, 0.4) is 0 Å². The molecule has 2 rings (SSSR count). The summed E-state index contributed by atoms with van der Waals surface area (Å²) in [6.45, 7) is 1.70. The molecule has 0 bridgehead atoms. The number of ether oxygens (including phenoxy) is 2. The number of aliphatic hydroxyl groups is 1. The van der Waals surface area contributed by atoms with Gasteiger partial charge in [-0.2, -0.15) is 0 Å². The maximum Gasteiger partial charge on any atom is 0.257 e. The number of pyridine rings is 1. The fourth-order valence-electron chi connectivity index (χ4n) is 2.33. The number of hydrogen-bond donors (Lipinski definition) is 1. The molecule has 1 N–H and O–H groups in total. The minimum Gasteiger partial charge on any atom is -0.494 e. The number of carbonyl (C=O) groups excluding carboxylic acids is 1. The van der Waals surface area contributed by atoms with Gasteiger partial charge in [0.25, 0.3) is 5.91 Å². The van der Waals surface area contributed by atoms with Crippen molar-refractivity contribution in [2.45, 2.75) is 18.9 Å². The summed E-state index contributed by atoms with van der Waals surface area (Å²) in [6, 6.07) is 1.68. The predicted octanol–water partition coefficient (Wildman–Crippen LogP) is 0.704. The van der Waals surface area contributed by atoms with Crippen LogP contribution in [0, 0.1) is 0 Å². The second-order valence-corrected chi connectivity index (χ2v) is 4.66. The van der Waals surface area contributed by atoms with Crippen molar-refractivity contribution in [3.05, 3.63) is 24.0 Å². The summed E-state index contributed by atoms with van der Waals surface area (Å²) >= 11 is 0. The topological polar surface area (TPSA) is 71.9 Å². The van der Waals surface area contributed by atoms with Crippen molar-refractivity contribution in [2.75, 3.05) is 33.4 Å². The second-order valence-electron chi connectivity index (χ2n) is 4.66. The number of aliphatic hydroxyl groups excluding tert-OH is 1. The van der Waals surface area contributed by atoms with E-state index in [1.54, 1.807) is 23.4 Å². The maximum absolute atomic E-state index is 12.4. The molecule has 1 aromatic heterocycles. The first-order valence-corrected chi connectivity index (χ1v) is 6.76. The molecule has 6 nitrogen and oxygen atoms in total. The molecule has 2 heterocycles. The molecule has 1 aliphatic rings. The van der Waals surface area contributed by atoms with Crippen molar-refractivity contribution in [1.82, 2.24) is 9.88 Å². The molecule has 0 aromatic carbocycles. The quantitative estimate of drug-likeness (QED) is 0.859. The van der Waals surface area contributed by atoms with Gasteiger partial charge in [-0.3, -0.25) is 9.78 Å². The number of nitrogens with zero attached hydrogens (tertiary/aromatic N) is 2. The van der Waals surface area contributed by atoms with E-state index < -0.39 is 0 Å². The highest BCUT2D eigenvalue weighted by atomic mass is 16.5. The molecule has 0 spiro atoms. The molecule has 0 aliphatic carbocycles. The molecular formula is C14H20N2O4. The number of amides is 1. The minimum atomic E-state index is -0.0372. The first kappa shape index (κ1) is 14.7. The molecule has 1 aromatic rings. The van der Waals surface area contributed by atoms with E-state index in [0.29, 0.717) is 31.0 Å². The lowest BCUT2D eigenvalue weighted by molar-refractivity contribution is -0.00559. The Balaban J connectivity index is 1.94. The summed E-state index contributed by atoms with van der Waals surface area (Å²) in [5.74, 6) is 0.459. The van der Waals surface area contributed by atoms with Gasteiger partial charge in [0.15, 0.2) is 0 Å². The lowest BCUT2D eigenvalue weighted by Gasteiger charge is -2.32. The number of rotatable bonds is 5. The Morgan fingerprint density at radius 1 is 1.50 bits per heavy atom. The highest BCUT2D eigenvalue weighted by Crippen LogP contribution is 2.21. The SMILES string of the molecule is COc1cnccc1C(=O)N1CCC(OCCO)CC1. The Kier molecular flexibility index (Phi) is 5.31. The van der Waals surface area contributed by atoms with E-state index in [1.165, 1.54) is 7.11 Å². The van der Waals surface area contributed by atoms with Gasteiger partial charge in [0, 0.05) is 19.3 Å². The Hall–Kier alpha value is -1.66. The number of piperidine rings is 1. The van der Waals surface area contributed by atoms with Crippen LogP contribution >= 0.6 is 0 Å². The smallest absolute Gasteiger partial charge is 0.257 e. The van der Waals surface area contributed by atoms with E-state index >= 15 is 0 Å². The van der Waals surface area contributed by atoms with Gasteiger partial charge in [-0.25, -0.2) is 0 Å². The number of methoxy groups -OCH3 is 1. The minimum absolute atomic E-state index is 0.0351. The zero-order valence-corrected chi connectivity index (χ0v) is 11.6. The van der Waals surface area contributed by atoms with Crippen LogP contribution in [0.2, 0.25) is 0 Å². The summed E-state index contributed by atoms with van der Waals surface area (Å²) in [6.07, 6.45) is 4.85. The molecule has 20 heavy (non-hydrogen) atoms. The van der Waals surface area contributed by atoms with Gasteiger partial charge < -0.3 is 19.5 Å². The summed E-state index contributed by atoms with van der Waals surface area (Å²) < 4.78 is 10.7. The third kappa shape index (κ3) is 3.46. The van der Waals surface area contributed by atoms with E-state index in [-0.39, 0.29) is 18.6 Å². The first-order valence-electron chi connectivity index (χ1n) is 6.76. The zero-order chi connectivity index (χ0) is 14.4. The monoisotopic (exact) mass is 280 g/mol. The van der Waals surface area contributed by atoms with E-state index in [0.717, 1.165) is 12.8 Å². The van der Waals surface area contributed by atoms with Crippen molar-refractivity contribution in [3.8, 4) is 5.75 Å². The molecular weight excluding hydrogens is 260 g/mol. The summed E-state index contributed by atoms with van der Waals surface area (Å²) in [5, 5.41) is 8.73. The number of carbonyl (C=O) groups is 1. The highest BCUT2D eigenvalue weighted by molar-refractivity contribution is 5.96. The maximum atomic E-state index is 12.4. The molecule has 0 atom stereocenters. The van der Waals surface area contributed by atoms with Crippen molar-refractivity contribution < 1.29 is 19.4 Å². The van der Waals surface area contributed by atoms with Crippen LogP contribution in [0.5, 0.6) is 5.75 Å². The van der Waals surface area contributed by atoms with Gasteiger partial charge in [0.1, 0.15) is 5.75 Å². The van der Waals surface area contributed by atoms with Crippen molar-refractivity contribution >= 4 is 5.91 Å². The van der Waals surface area contributed by atoms with Gasteiger partial charge in [0.05, 0.1) is 38.2 Å². The lowest BCUT2D eigenvalue weighted by atomic mass is 10.1. The van der Waals surface area contributed by atoms with Crippen LogP contribution in [0.15, 0.2) is 18.5 Å². The summed E-state index contributed by atoms with van der Waals surface area (Å²) in [4.78, 5) is 18.2. The molecule has 6 heteroatoms. The van der Waals surface area contributed by atoms with Crippen LogP contribution in [0.25, 0.3) is 0 Å². The molecule has 110 valence electrons. The third-order valence-corrected chi connectivity index (χ3v) is 3.41. The molecule has 0 unspecified atom stereocenters. The Labute approximate surface area is 118 Å². The normalized spacial score (nSPS) is 16.2. The van der Waals surface area contributed by atoms with Crippen molar-refractivity contribution in [2.24, 2.45) is 0 Å². The predicted molar refractivity (Wildman–Crippen MR) is 72.8 cm³/mol. The van der Waals surface area contributed by atoms with Gasteiger partial charge in [0.2, 0.25) is 0 Å². The molecule has 0 saturated carbocycles. The fourth-order valence-corrected chi connectivity index (χ4v) is 2.33. The Morgan fingerprint density at radius 2 is 2.25 bits per heavy atom. The van der Waals surface area contributed by atoms with E-state index in [1.807, 2.05) is 0 Å². The van der Waals surface area contributed by atoms with Crippen LogP contribution in [0.1, 0.15) is 23.2 Å². The second kappa shape index (κ2) is 7.21. The van der Waals surface area contributed by atoms with Gasteiger partial charge >= 0.3 is 0 Å². The van der Waals surface area contributed by atoms with Crippen molar-refractivity contribution in [1.29, 1.82) is 0 Å². The van der Waals surface area contributed by atoms with Crippen molar-refractivity contribution in [3.63, 3.8) is 0 Å². The lowest BCUT2D eigenvalue weighted by Crippen LogP contribution is -2.41. The van der Waals surface area contributed by atoms with Crippen LogP contribution in [0.4, 0.5) is 0 Å². The first-order chi connectivity index (χ1) is 9.76. The highest BCUT2D eigenvalue weighted by Gasteiger charge is 2.25. The molecule has 0 radical (unpaired) electrons. The van der Waals surface area contributed by atoms with Crippen LogP contribution in [-0.2, 0) is 4.74 Å². The molecule has 1 saturated heterocycles. The number of aromatic nitrogens is 1. The number of likely N-dealkylation sites (tertiary alicyclic amines) is 1. The average molecular weight is 280 g/mol. The van der Waals surface area contributed by atoms with Crippen LogP contribution in [-0.4, -0.2) is 60.4 Å². The van der Waals surface area contributed by atoms with Gasteiger partial charge in [-0.15, -0.1) is 0 Å². The van der Waals surface area contributed by atoms with E-state index in [4.69, 9.17) is 14.6 Å². The summed E-state index contributed by atoms with van der Waals surface area (Å²) in [5.41, 5.74) is 0.539. The number of hydrogen-bond acceptors (Lipinski definition) is 5. The third-order valence-electron chi connectivity index (χ3n) is 3.41.